The van der Waals surface area contributed by atoms with E-state index >= 15 is 0 Å². The van der Waals surface area contributed by atoms with E-state index in [0.29, 0.717) is 36.1 Å². The molecular formula is C23H26N6O4S. The highest BCUT2D eigenvalue weighted by molar-refractivity contribution is 7.90. The summed E-state index contributed by atoms with van der Waals surface area (Å²) in [5.41, 5.74) is 14.1. The first-order valence-electron chi connectivity index (χ1n) is 10.9. The van der Waals surface area contributed by atoms with Crippen molar-refractivity contribution in [1.29, 1.82) is 0 Å². The number of aromatic nitrogens is 3. The van der Waals surface area contributed by atoms with Crippen molar-refractivity contribution in [3.8, 4) is 0 Å². The number of anilines is 3. The number of benzene rings is 1. The largest absolute Gasteiger partial charge is 0.390 e. The van der Waals surface area contributed by atoms with Crippen molar-refractivity contribution in [3.05, 3.63) is 47.8 Å². The topological polar surface area (TPSA) is 169 Å². The fraction of sp³-hybridized carbons (Fsp3) is 0.348. The molecule has 3 heterocycles. The summed E-state index contributed by atoms with van der Waals surface area (Å²) in [5, 5.41) is 22.1. The first kappa shape index (κ1) is 22.5. The molecule has 1 fully saturated rings. The van der Waals surface area contributed by atoms with E-state index in [1.54, 1.807) is 12.1 Å². The van der Waals surface area contributed by atoms with Crippen molar-refractivity contribution < 1.29 is 18.6 Å². The highest BCUT2D eigenvalue weighted by Gasteiger charge is 2.45. The van der Waals surface area contributed by atoms with Gasteiger partial charge in [-0.05, 0) is 30.5 Å². The predicted octanol–water partition coefficient (Wildman–Crippen LogP) is 0.779. The molecule has 6 N–H and O–H groups in total. The van der Waals surface area contributed by atoms with Crippen molar-refractivity contribution in [2.75, 3.05) is 29.2 Å². The summed E-state index contributed by atoms with van der Waals surface area (Å²) < 4.78 is 23.8. The fourth-order valence-electron chi connectivity index (χ4n) is 4.92. The van der Waals surface area contributed by atoms with Gasteiger partial charge in [-0.3, -0.25) is 0 Å². The van der Waals surface area contributed by atoms with Gasteiger partial charge in [-0.15, -0.1) is 0 Å². The molecule has 34 heavy (non-hydrogen) atoms. The Hall–Kier alpha value is -3.28. The number of pyridine rings is 1. The van der Waals surface area contributed by atoms with Crippen LogP contribution in [0.15, 0.2) is 41.6 Å². The Labute approximate surface area is 196 Å². The molecule has 1 aliphatic carbocycles. The third-order valence-corrected chi connectivity index (χ3v) is 7.82. The first-order chi connectivity index (χ1) is 16.1. The highest BCUT2D eigenvalue weighted by atomic mass is 32.2. The van der Waals surface area contributed by atoms with Crippen LogP contribution in [0.4, 0.5) is 17.5 Å². The molecule has 3 aromatic rings. The minimum atomic E-state index is -3.47. The van der Waals surface area contributed by atoms with Gasteiger partial charge in [-0.25, -0.2) is 23.4 Å². The Morgan fingerprint density at radius 3 is 2.68 bits per heavy atom. The van der Waals surface area contributed by atoms with Crippen molar-refractivity contribution >= 4 is 44.3 Å². The molecule has 2 aliphatic rings. The van der Waals surface area contributed by atoms with Crippen LogP contribution >= 0.6 is 0 Å². The molecule has 1 aliphatic heterocycles. The summed E-state index contributed by atoms with van der Waals surface area (Å²) in [6.45, 7) is 0.663. The van der Waals surface area contributed by atoms with Gasteiger partial charge in [-0.2, -0.15) is 0 Å². The number of nitrogens with zero attached hydrogens (tertiary/aromatic N) is 4. The molecule has 1 aromatic carbocycles. The van der Waals surface area contributed by atoms with Gasteiger partial charge in [0.25, 0.3) is 0 Å². The molecule has 5 rings (SSSR count). The van der Waals surface area contributed by atoms with Crippen LogP contribution in [0.3, 0.4) is 0 Å². The second-order valence-electron chi connectivity index (χ2n) is 8.91. The molecule has 0 amide bonds. The van der Waals surface area contributed by atoms with Gasteiger partial charge in [0.05, 0.1) is 17.7 Å². The number of sulfone groups is 1. The molecule has 4 atom stereocenters. The van der Waals surface area contributed by atoms with Crippen molar-refractivity contribution in [2.24, 2.45) is 5.92 Å². The predicted molar refractivity (Wildman–Crippen MR) is 130 cm³/mol. The van der Waals surface area contributed by atoms with E-state index in [0.717, 1.165) is 23.2 Å². The van der Waals surface area contributed by atoms with E-state index in [1.807, 2.05) is 23.1 Å². The minimum absolute atomic E-state index is 0.00733. The normalized spacial score (nSPS) is 24.9. The number of aliphatic hydroxyl groups excluding tert-OH is 2. The zero-order valence-corrected chi connectivity index (χ0v) is 19.4. The monoisotopic (exact) mass is 482 g/mol. The minimum Gasteiger partial charge on any atom is -0.390 e. The van der Waals surface area contributed by atoms with Crippen LogP contribution in [-0.2, 0) is 16.3 Å². The van der Waals surface area contributed by atoms with Crippen molar-refractivity contribution in [1.82, 2.24) is 15.0 Å². The van der Waals surface area contributed by atoms with E-state index in [-0.39, 0.29) is 22.7 Å². The van der Waals surface area contributed by atoms with Crippen LogP contribution in [-0.4, -0.2) is 64.6 Å². The lowest BCUT2D eigenvalue weighted by atomic mass is 10.0. The molecule has 0 saturated heterocycles. The number of aliphatic hydroxyl groups is 2. The average molecular weight is 483 g/mol. The number of hydrogen-bond acceptors (Lipinski definition) is 10. The maximum atomic E-state index is 11.9. The Morgan fingerprint density at radius 1 is 1.12 bits per heavy atom. The van der Waals surface area contributed by atoms with Crippen LogP contribution < -0.4 is 16.4 Å². The Bertz CT molecular complexity index is 1410. The Balaban J connectivity index is 1.37. The summed E-state index contributed by atoms with van der Waals surface area (Å²) in [6, 6.07) is 6.66. The van der Waals surface area contributed by atoms with E-state index in [1.165, 1.54) is 12.4 Å². The summed E-state index contributed by atoms with van der Waals surface area (Å²) in [6.07, 6.45) is 5.67. The number of nitrogen functional groups attached to an aromatic ring is 2. The molecule has 10 nitrogen and oxygen atoms in total. The molecule has 2 aromatic heterocycles. The van der Waals surface area contributed by atoms with Crippen LogP contribution in [0.2, 0.25) is 0 Å². The first-order valence-corrected chi connectivity index (χ1v) is 12.8. The third-order valence-electron chi connectivity index (χ3n) is 6.70. The quantitative estimate of drug-likeness (QED) is 0.417. The van der Waals surface area contributed by atoms with Crippen LogP contribution in [0.25, 0.3) is 17.0 Å². The number of hydrogen-bond donors (Lipinski definition) is 4. The van der Waals surface area contributed by atoms with E-state index in [2.05, 4.69) is 15.0 Å². The molecule has 1 saturated carbocycles. The molecular weight excluding hydrogens is 456 g/mol. The lowest BCUT2D eigenvalue weighted by Crippen LogP contribution is -2.43. The lowest BCUT2D eigenvalue weighted by Gasteiger charge is -2.28. The van der Waals surface area contributed by atoms with Gasteiger partial charge >= 0.3 is 0 Å². The van der Waals surface area contributed by atoms with Gasteiger partial charge in [0.2, 0.25) is 0 Å². The van der Waals surface area contributed by atoms with Gasteiger partial charge < -0.3 is 26.6 Å². The smallest absolute Gasteiger partial charge is 0.179 e. The van der Waals surface area contributed by atoms with E-state index in [4.69, 9.17) is 11.5 Å². The van der Waals surface area contributed by atoms with E-state index in [9.17, 15) is 18.6 Å². The third kappa shape index (κ3) is 3.85. The molecule has 0 unspecified atom stereocenters. The van der Waals surface area contributed by atoms with Crippen molar-refractivity contribution in [2.45, 2.75) is 36.0 Å². The maximum absolute atomic E-state index is 11.9. The lowest BCUT2D eigenvalue weighted by molar-refractivity contribution is 0.0229. The molecule has 0 spiro atoms. The van der Waals surface area contributed by atoms with Crippen molar-refractivity contribution in [3.63, 3.8) is 0 Å². The van der Waals surface area contributed by atoms with Crippen LogP contribution in [0.1, 0.15) is 17.5 Å². The summed E-state index contributed by atoms with van der Waals surface area (Å²) in [5.74, 6) is 0.874. The standard InChI is InChI=1S/C23H26N6O4S/c1-34(32,33)18-10-13-4-2-12(8-16(13)28-22(18)25)3-5-14-9-17(20(31)19(14)30)29-7-6-15-21(24)26-11-27-23(15)29/h2-5,8,10-11,14,17,19-20,30-31H,6-7,9H2,1H3,(H2,25,28)(H2,24,26,27)/b5-3+/t14-,17+,19+,20-/m0/s1. The fourth-order valence-corrected chi connectivity index (χ4v) is 5.69. The second kappa shape index (κ2) is 8.19. The van der Waals surface area contributed by atoms with E-state index < -0.39 is 22.0 Å². The Kier molecular flexibility index (Phi) is 5.42. The average Bonchev–Trinajstić information content (AvgIpc) is 3.33. The summed E-state index contributed by atoms with van der Waals surface area (Å²) in [4.78, 5) is 14.7. The molecule has 0 bridgehead atoms. The Morgan fingerprint density at radius 2 is 1.91 bits per heavy atom. The zero-order valence-electron chi connectivity index (χ0n) is 18.5. The molecule has 0 radical (unpaired) electrons. The van der Waals surface area contributed by atoms with Gasteiger partial charge in [0.1, 0.15) is 34.8 Å². The SMILES string of the molecule is CS(=O)(=O)c1cc2ccc(/C=C/[C@H]3C[C@@H](N4CCc5c(N)ncnc54)[C@H](O)[C@@H]3O)cc2nc1N. The summed E-state index contributed by atoms with van der Waals surface area (Å²) in [7, 11) is -3.47. The molecule has 178 valence electrons. The van der Waals surface area contributed by atoms with Gasteiger partial charge in [-0.1, -0.05) is 24.3 Å². The zero-order chi connectivity index (χ0) is 24.2. The van der Waals surface area contributed by atoms with Crippen LogP contribution in [0.5, 0.6) is 0 Å². The van der Waals surface area contributed by atoms with Crippen LogP contribution in [0, 0.1) is 5.92 Å². The van der Waals surface area contributed by atoms with Gasteiger partial charge in [0, 0.05) is 29.7 Å². The van der Waals surface area contributed by atoms with Gasteiger partial charge in [0.15, 0.2) is 9.84 Å². The second-order valence-corrected chi connectivity index (χ2v) is 10.9. The maximum Gasteiger partial charge on any atom is 0.179 e. The molecule has 11 heteroatoms. The summed E-state index contributed by atoms with van der Waals surface area (Å²) >= 11 is 0. The number of rotatable bonds is 4. The highest BCUT2D eigenvalue weighted by Crippen LogP contribution is 2.38. The number of nitrogens with two attached hydrogens (primary N) is 2. The number of fused-ring (bicyclic) bond motifs is 2.